The molecule has 0 bridgehead atoms. The van der Waals surface area contributed by atoms with Crippen LogP contribution in [0.25, 0.3) is 5.95 Å². The summed E-state index contributed by atoms with van der Waals surface area (Å²) in [6.07, 6.45) is 6.73. The van der Waals surface area contributed by atoms with E-state index in [-0.39, 0.29) is 0 Å². The highest BCUT2D eigenvalue weighted by Crippen LogP contribution is 2.39. The summed E-state index contributed by atoms with van der Waals surface area (Å²) in [5.74, 6) is 2.68. The molecule has 84 valence electrons. The molecule has 0 radical (unpaired) electrons. The third-order valence-electron chi connectivity index (χ3n) is 3.35. The van der Waals surface area contributed by atoms with Crippen LogP contribution in [-0.2, 0) is 7.05 Å². The Bertz CT molecular complexity index is 512. The number of aryl methyl sites for hydroxylation is 2. The molecule has 1 aliphatic rings. The van der Waals surface area contributed by atoms with Crippen molar-refractivity contribution in [1.29, 1.82) is 0 Å². The van der Waals surface area contributed by atoms with Gasteiger partial charge in [0.15, 0.2) is 0 Å². The third-order valence-corrected chi connectivity index (χ3v) is 3.35. The largest absolute Gasteiger partial charge is 0.300 e. The molecule has 0 aliphatic heterocycles. The Morgan fingerprint density at radius 2 is 1.75 bits per heavy atom. The smallest absolute Gasteiger partial charge is 0.235 e. The molecule has 0 aromatic carbocycles. The molecule has 2 aromatic rings. The number of rotatable bonds is 2. The maximum atomic E-state index is 4.29. The van der Waals surface area contributed by atoms with Gasteiger partial charge in [-0.25, -0.2) is 0 Å². The van der Waals surface area contributed by atoms with Crippen molar-refractivity contribution in [3.63, 3.8) is 0 Å². The zero-order valence-electron chi connectivity index (χ0n) is 9.94. The molecule has 4 heteroatoms. The molecule has 2 aromatic heterocycles. The summed E-state index contributed by atoms with van der Waals surface area (Å²) in [6.45, 7) is 4.23. The maximum absolute atomic E-state index is 4.29. The van der Waals surface area contributed by atoms with Crippen molar-refractivity contribution in [3.05, 3.63) is 29.3 Å². The molecule has 1 saturated carbocycles. The van der Waals surface area contributed by atoms with Crippen LogP contribution < -0.4 is 0 Å². The van der Waals surface area contributed by atoms with Crippen molar-refractivity contribution in [2.45, 2.75) is 32.6 Å². The van der Waals surface area contributed by atoms with Crippen LogP contribution in [0.1, 0.15) is 35.7 Å². The SMILES string of the molecule is Cc1cn(-c2nnc(C3CC3)n2C)cc1C. The Kier molecular flexibility index (Phi) is 1.93. The molecule has 0 spiro atoms. The molecule has 2 heterocycles. The Balaban J connectivity index is 2.05. The van der Waals surface area contributed by atoms with E-state index in [2.05, 4.69) is 45.6 Å². The van der Waals surface area contributed by atoms with Crippen molar-refractivity contribution in [2.75, 3.05) is 0 Å². The molecule has 0 unspecified atom stereocenters. The van der Waals surface area contributed by atoms with Crippen LogP contribution in [0.15, 0.2) is 12.4 Å². The standard InChI is InChI=1S/C12H16N4/c1-8-6-16(7-9(8)2)12-14-13-11(15(12)3)10-4-5-10/h6-7,10H,4-5H2,1-3H3. The quantitative estimate of drug-likeness (QED) is 0.770. The maximum Gasteiger partial charge on any atom is 0.235 e. The summed E-state index contributed by atoms with van der Waals surface area (Å²) in [5.41, 5.74) is 2.58. The summed E-state index contributed by atoms with van der Waals surface area (Å²) < 4.78 is 4.17. The first kappa shape index (κ1) is 9.63. The van der Waals surface area contributed by atoms with Gasteiger partial charge < -0.3 is 0 Å². The van der Waals surface area contributed by atoms with Crippen LogP contribution in [0.3, 0.4) is 0 Å². The average molecular weight is 216 g/mol. The summed E-state index contributed by atoms with van der Waals surface area (Å²) in [5, 5.41) is 8.56. The van der Waals surface area contributed by atoms with Crippen molar-refractivity contribution in [1.82, 2.24) is 19.3 Å². The molecule has 4 nitrogen and oxygen atoms in total. The van der Waals surface area contributed by atoms with Gasteiger partial charge in [0.2, 0.25) is 5.95 Å². The van der Waals surface area contributed by atoms with Gasteiger partial charge in [0, 0.05) is 25.4 Å². The molecule has 1 fully saturated rings. The van der Waals surface area contributed by atoms with Crippen molar-refractivity contribution >= 4 is 0 Å². The zero-order chi connectivity index (χ0) is 11.3. The number of aromatic nitrogens is 4. The molecule has 3 rings (SSSR count). The fourth-order valence-electron chi connectivity index (χ4n) is 2.03. The van der Waals surface area contributed by atoms with Crippen LogP contribution in [0.4, 0.5) is 0 Å². The predicted molar refractivity (Wildman–Crippen MR) is 61.8 cm³/mol. The van der Waals surface area contributed by atoms with E-state index in [0.717, 1.165) is 11.8 Å². The highest BCUT2D eigenvalue weighted by molar-refractivity contribution is 5.28. The summed E-state index contributed by atoms with van der Waals surface area (Å²) >= 11 is 0. The fraction of sp³-hybridized carbons (Fsp3) is 0.500. The summed E-state index contributed by atoms with van der Waals surface area (Å²) in [4.78, 5) is 0. The van der Waals surface area contributed by atoms with E-state index in [0.29, 0.717) is 5.92 Å². The lowest BCUT2D eigenvalue weighted by Gasteiger charge is -2.03. The lowest BCUT2D eigenvalue weighted by atomic mass is 10.2. The zero-order valence-corrected chi connectivity index (χ0v) is 9.94. The molecule has 16 heavy (non-hydrogen) atoms. The van der Waals surface area contributed by atoms with Gasteiger partial charge in [0.25, 0.3) is 0 Å². The minimum atomic E-state index is 0.643. The van der Waals surface area contributed by atoms with Crippen LogP contribution in [0.5, 0.6) is 0 Å². The normalized spacial score (nSPS) is 15.7. The van der Waals surface area contributed by atoms with E-state index >= 15 is 0 Å². The van der Waals surface area contributed by atoms with Gasteiger partial charge in [-0.15, -0.1) is 10.2 Å². The number of nitrogens with zero attached hydrogens (tertiary/aromatic N) is 4. The van der Waals surface area contributed by atoms with Crippen LogP contribution in [-0.4, -0.2) is 19.3 Å². The van der Waals surface area contributed by atoms with Gasteiger partial charge in [-0.05, 0) is 37.8 Å². The van der Waals surface area contributed by atoms with E-state index in [1.165, 1.54) is 24.0 Å². The lowest BCUT2D eigenvalue weighted by molar-refractivity contribution is 0.765. The lowest BCUT2D eigenvalue weighted by Crippen LogP contribution is -2.03. The molecule has 1 aliphatic carbocycles. The molecule has 0 N–H and O–H groups in total. The van der Waals surface area contributed by atoms with Gasteiger partial charge in [0.1, 0.15) is 5.82 Å². The van der Waals surface area contributed by atoms with Gasteiger partial charge in [-0.3, -0.25) is 9.13 Å². The van der Waals surface area contributed by atoms with Crippen molar-refractivity contribution in [2.24, 2.45) is 7.05 Å². The number of hydrogen-bond acceptors (Lipinski definition) is 2. The minimum Gasteiger partial charge on any atom is -0.300 e. The molecule has 0 atom stereocenters. The molecular weight excluding hydrogens is 200 g/mol. The average Bonchev–Trinajstić information content (AvgIpc) is 2.94. The molecule has 0 amide bonds. The van der Waals surface area contributed by atoms with E-state index in [1.807, 2.05) is 7.05 Å². The summed E-state index contributed by atoms with van der Waals surface area (Å²) in [6, 6.07) is 0. The van der Waals surface area contributed by atoms with E-state index in [1.54, 1.807) is 0 Å². The predicted octanol–water partition coefficient (Wildman–Crippen LogP) is 2.10. The van der Waals surface area contributed by atoms with Crippen molar-refractivity contribution in [3.8, 4) is 5.95 Å². The molecule has 0 saturated heterocycles. The Labute approximate surface area is 94.9 Å². The van der Waals surface area contributed by atoms with Crippen LogP contribution in [0, 0.1) is 13.8 Å². The van der Waals surface area contributed by atoms with Crippen LogP contribution >= 0.6 is 0 Å². The second-order valence-electron chi connectivity index (χ2n) is 4.72. The Morgan fingerprint density at radius 1 is 1.12 bits per heavy atom. The highest BCUT2D eigenvalue weighted by Gasteiger charge is 2.29. The highest BCUT2D eigenvalue weighted by atomic mass is 15.4. The van der Waals surface area contributed by atoms with E-state index in [9.17, 15) is 0 Å². The third kappa shape index (κ3) is 1.37. The summed E-state index contributed by atoms with van der Waals surface area (Å²) in [7, 11) is 2.05. The Hall–Kier alpha value is -1.58. The molecular formula is C12H16N4. The monoisotopic (exact) mass is 216 g/mol. The number of hydrogen-bond donors (Lipinski definition) is 0. The van der Waals surface area contributed by atoms with Gasteiger partial charge in [-0.2, -0.15) is 0 Å². The topological polar surface area (TPSA) is 35.6 Å². The van der Waals surface area contributed by atoms with E-state index in [4.69, 9.17) is 0 Å². The first-order chi connectivity index (χ1) is 7.66. The first-order valence-electron chi connectivity index (χ1n) is 5.71. The van der Waals surface area contributed by atoms with Crippen LogP contribution in [0.2, 0.25) is 0 Å². The second-order valence-corrected chi connectivity index (χ2v) is 4.72. The minimum absolute atomic E-state index is 0.643. The van der Waals surface area contributed by atoms with Gasteiger partial charge in [0.05, 0.1) is 0 Å². The van der Waals surface area contributed by atoms with Crippen molar-refractivity contribution < 1.29 is 0 Å². The first-order valence-corrected chi connectivity index (χ1v) is 5.71. The fourth-order valence-corrected chi connectivity index (χ4v) is 2.03. The Morgan fingerprint density at radius 3 is 2.31 bits per heavy atom. The second kappa shape index (κ2) is 3.20. The van der Waals surface area contributed by atoms with Gasteiger partial charge >= 0.3 is 0 Å². The van der Waals surface area contributed by atoms with E-state index < -0.39 is 0 Å². The van der Waals surface area contributed by atoms with Gasteiger partial charge in [-0.1, -0.05) is 0 Å².